The van der Waals surface area contributed by atoms with Crippen molar-refractivity contribution < 1.29 is 63.4 Å². The number of alkyl halides is 9. The Morgan fingerprint density at radius 1 is 0.881 bits per heavy atom. The van der Waals surface area contributed by atoms with E-state index in [-0.39, 0.29) is 36.8 Å². The number of hydrogen-bond acceptors (Lipinski definition) is 6. The first-order valence-corrected chi connectivity index (χ1v) is 12.4. The van der Waals surface area contributed by atoms with Crippen molar-refractivity contribution in [2.24, 2.45) is 0 Å². The van der Waals surface area contributed by atoms with Gasteiger partial charge >= 0.3 is 30.8 Å². The summed E-state index contributed by atoms with van der Waals surface area (Å²) < 4.78 is 131. The number of carbonyl (C=O) groups is 2. The van der Waals surface area contributed by atoms with Gasteiger partial charge in [0.15, 0.2) is 0 Å². The second-order valence-electron chi connectivity index (χ2n) is 9.20. The highest BCUT2D eigenvalue weighted by Gasteiger charge is 2.42. The number of halogens is 9. The van der Waals surface area contributed by atoms with E-state index in [1.165, 1.54) is 6.92 Å². The Morgan fingerprint density at radius 3 is 1.93 bits per heavy atom. The van der Waals surface area contributed by atoms with E-state index in [0.717, 1.165) is 23.1 Å². The molecule has 0 radical (unpaired) electrons. The van der Waals surface area contributed by atoms with Crippen LogP contribution < -0.4 is 5.06 Å². The Morgan fingerprint density at radius 2 is 1.45 bits per heavy atom. The number of methoxy groups -OCH3 is 1. The quantitative estimate of drug-likeness (QED) is 0.241. The molecule has 16 heteroatoms. The molecular formula is C26H25F9N2O5. The van der Waals surface area contributed by atoms with Crippen LogP contribution in [-0.2, 0) is 39.4 Å². The van der Waals surface area contributed by atoms with Gasteiger partial charge < -0.3 is 14.3 Å². The second kappa shape index (κ2) is 12.2. The molecule has 1 amide bonds. The van der Waals surface area contributed by atoms with E-state index in [1.807, 2.05) is 0 Å². The number of hydrogen-bond donors (Lipinski definition) is 0. The first-order valence-electron chi connectivity index (χ1n) is 12.4. The van der Waals surface area contributed by atoms with Gasteiger partial charge in [0.2, 0.25) is 0 Å². The number of carbonyl (C=O) groups excluding carboxylic acids is 2. The van der Waals surface area contributed by atoms with E-state index in [1.54, 1.807) is 6.92 Å². The Balaban J connectivity index is 2.20. The number of amides is 1. The summed E-state index contributed by atoms with van der Waals surface area (Å²) in [6.07, 6.45) is -17.7. The van der Waals surface area contributed by atoms with E-state index >= 15 is 0 Å². The van der Waals surface area contributed by atoms with Crippen LogP contribution in [0.1, 0.15) is 60.5 Å². The molecule has 3 rings (SSSR count). The number of benzene rings is 2. The molecule has 7 nitrogen and oxygen atoms in total. The maximum Gasteiger partial charge on any atom is 0.533 e. The largest absolute Gasteiger partial charge is 0.533 e. The molecule has 0 saturated carbocycles. The van der Waals surface area contributed by atoms with Crippen LogP contribution >= 0.6 is 0 Å². The van der Waals surface area contributed by atoms with Crippen LogP contribution in [0.2, 0.25) is 0 Å². The number of anilines is 1. The third-order valence-electron chi connectivity index (χ3n) is 6.47. The lowest BCUT2D eigenvalue weighted by Crippen LogP contribution is -2.47. The van der Waals surface area contributed by atoms with Gasteiger partial charge in [-0.2, -0.15) is 44.6 Å². The highest BCUT2D eigenvalue weighted by molar-refractivity contribution is 5.71. The SMILES string of the molecule is CCOC(=O)ON1c2ccc(C(F)(F)F)cc2[C@@H](N(Cc2cc(C(F)(F)F)cc(C(F)(F)F)c2)C(=O)OC)C[C@H]1CC. The molecule has 2 atom stereocenters. The summed E-state index contributed by atoms with van der Waals surface area (Å²) in [6.45, 7) is 2.14. The maximum absolute atomic E-state index is 13.7. The average molecular weight is 616 g/mol. The Bertz CT molecular complexity index is 1260. The molecule has 0 aliphatic carbocycles. The van der Waals surface area contributed by atoms with Crippen LogP contribution in [-0.4, -0.2) is 36.9 Å². The smallest absolute Gasteiger partial charge is 0.453 e. The first-order chi connectivity index (χ1) is 19.4. The molecule has 0 unspecified atom stereocenters. The summed E-state index contributed by atoms with van der Waals surface area (Å²) in [5, 5.41) is 1.01. The molecule has 0 saturated heterocycles. The number of hydroxylamine groups is 1. The summed E-state index contributed by atoms with van der Waals surface area (Å²) >= 11 is 0. The predicted octanol–water partition coefficient (Wildman–Crippen LogP) is 8.13. The van der Waals surface area contributed by atoms with Crippen molar-refractivity contribution in [3.8, 4) is 0 Å². The van der Waals surface area contributed by atoms with Crippen LogP contribution in [0.15, 0.2) is 36.4 Å². The zero-order valence-electron chi connectivity index (χ0n) is 22.3. The van der Waals surface area contributed by atoms with Gasteiger partial charge in [-0.25, -0.2) is 9.59 Å². The van der Waals surface area contributed by atoms with Gasteiger partial charge in [0.05, 0.1) is 48.2 Å². The number of rotatable bonds is 6. The zero-order valence-corrected chi connectivity index (χ0v) is 22.3. The van der Waals surface area contributed by atoms with Gasteiger partial charge in [-0.05, 0) is 61.7 Å². The minimum absolute atomic E-state index is 0.0843. The van der Waals surface area contributed by atoms with Gasteiger partial charge in [-0.1, -0.05) is 6.92 Å². The summed E-state index contributed by atoms with van der Waals surface area (Å²) in [5.41, 5.74) is -5.39. The van der Waals surface area contributed by atoms with Crippen molar-refractivity contribution in [1.82, 2.24) is 4.90 Å². The third kappa shape index (κ3) is 7.31. The topological polar surface area (TPSA) is 68.3 Å². The molecule has 1 aliphatic heterocycles. The van der Waals surface area contributed by atoms with Crippen LogP contribution in [0, 0.1) is 0 Å². The molecule has 2 aromatic rings. The average Bonchev–Trinajstić information content (AvgIpc) is 2.89. The Hall–Kier alpha value is -3.85. The fourth-order valence-electron chi connectivity index (χ4n) is 4.58. The van der Waals surface area contributed by atoms with Gasteiger partial charge in [-0.3, -0.25) is 4.90 Å². The van der Waals surface area contributed by atoms with Crippen molar-refractivity contribution in [3.63, 3.8) is 0 Å². The lowest BCUT2D eigenvalue weighted by atomic mass is 9.88. The van der Waals surface area contributed by atoms with Crippen LogP contribution in [0.25, 0.3) is 0 Å². The summed E-state index contributed by atoms with van der Waals surface area (Å²) in [5.74, 6) is 0. The number of ether oxygens (including phenoxy) is 2. The molecule has 0 fully saturated rings. The van der Waals surface area contributed by atoms with Crippen molar-refractivity contribution in [3.05, 3.63) is 64.2 Å². The molecule has 1 aliphatic rings. The molecule has 0 aromatic heterocycles. The fraction of sp³-hybridized carbons (Fsp3) is 0.462. The Kier molecular flexibility index (Phi) is 9.47. The van der Waals surface area contributed by atoms with E-state index in [0.29, 0.717) is 24.3 Å². The van der Waals surface area contributed by atoms with Gasteiger partial charge in [0.25, 0.3) is 0 Å². The highest BCUT2D eigenvalue weighted by atomic mass is 19.4. The molecule has 0 spiro atoms. The van der Waals surface area contributed by atoms with Gasteiger partial charge in [0.1, 0.15) is 0 Å². The molecule has 1 heterocycles. The summed E-state index contributed by atoms with van der Waals surface area (Å²) in [4.78, 5) is 31.0. The molecule has 0 N–H and O–H groups in total. The monoisotopic (exact) mass is 616 g/mol. The molecule has 2 aromatic carbocycles. The second-order valence-corrected chi connectivity index (χ2v) is 9.20. The minimum atomic E-state index is -5.18. The van der Waals surface area contributed by atoms with Crippen LogP contribution in [0.4, 0.5) is 54.8 Å². The maximum atomic E-state index is 13.7. The molecular weight excluding hydrogens is 591 g/mol. The standard InChI is InChI=1S/C26H25F9N2O5/c1-4-18-12-21(19-11-15(24(27,28)29)6-7-20(19)37(18)42-23(39)41-5-2)36(22(38)40-3)13-14-8-16(25(30,31)32)10-17(9-14)26(33,34)35/h6-11,18,21H,4-5,12-13H2,1-3H3/t18-,21+/m1/s1. The van der Waals surface area contributed by atoms with Crippen molar-refractivity contribution >= 4 is 17.9 Å². The Labute approximate surface area is 233 Å². The molecule has 232 valence electrons. The summed E-state index contributed by atoms with van der Waals surface area (Å²) in [6, 6.07) is 0.914. The molecule has 0 bridgehead atoms. The van der Waals surface area contributed by atoms with Crippen molar-refractivity contribution in [2.75, 3.05) is 18.8 Å². The predicted molar refractivity (Wildman–Crippen MR) is 128 cm³/mol. The van der Waals surface area contributed by atoms with E-state index < -0.39 is 71.7 Å². The van der Waals surface area contributed by atoms with E-state index in [2.05, 4.69) is 0 Å². The van der Waals surface area contributed by atoms with Crippen LogP contribution in [0.5, 0.6) is 0 Å². The highest BCUT2D eigenvalue weighted by Crippen LogP contribution is 2.45. The fourth-order valence-corrected chi connectivity index (χ4v) is 4.58. The lowest BCUT2D eigenvalue weighted by Gasteiger charge is -2.43. The first kappa shape index (κ1) is 32.7. The van der Waals surface area contributed by atoms with Gasteiger partial charge in [0, 0.05) is 12.1 Å². The number of nitrogens with zero attached hydrogens (tertiary/aromatic N) is 2. The van der Waals surface area contributed by atoms with Crippen molar-refractivity contribution in [1.29, 1.82) is 0 Å². The summed E-state index contributed by atoms with van der Waals surface area (Å²) in [7, 11) is 0.895. The number of fused-ring (bicyclic) bond motifs is 1. The van der Waals surface area contributed by atoms with Crippen LogP contribution in [0.3, 0.4) is 0 Å². The third-order valence-corrected chi connectivity index (χ3v) is 6.47. The lowest BCUT2D eigenvalue weighted by molar-refractivity contribution is -0.143. The minimum Gasteiger partial charge on any atom is -0.453 e. The zero-order chi connectivity index (χ0) is 31.6. The molecule has 42 heavy (non-hydrogen) atoms. The van der Waals surface area contributed by atoms with Gasteiger partial charge in [-0.15, -0.1) is 0 Å². The van der Waals surface area contributed by atoms with E-state index in [4.69, 9.17) is 14.3 Å². The van der Waals surface area contributed by atoms with Crippen molar-refractivity contribution in [2.45, 2.75) is 63.8 Å². The van der Waals surface area contributed by atoms with E-state index in [9.17, 15) is 49.1 Å². The normalized spacial score (nSPS) is 17.4.